The second-order valence-electron chi connectivity index (χ2n) is 9.02. The topological polar surface area (TPSA) is 76.5 Å². The fourth-order valence-corrected chi connectivity index (χ4v) is 3.75. The molecule has 1 atom stereocenters. The predicted molar refractivity (Wildman–Crippen MR) is 111 cm³/mol. The molecule has 0 fully saturated rings. The molecule has 0 saturated heterocycles. The standard InChI is InChI=1S/C22H27F3N4O3/c1-22(2,3)18(21(31)32-5)27-20(30)17-16-11-28(4)7-6-8-29(16)19(26-17)12-9-14(24)15(25)10-13(12)23/h9-10,18H,6-8,11H2,1-5H3,(H,27,30)/t18-/m1/s1. The number of nitrogens with zero attached hydrogens (tertiary/aromatic N) is 3. The van der Waals surface area contributed by atoms with Gasteiger partial charge in [-0.15, -0.1) is 0 Å². The molecule has 7 nitrogen and oxygen atoms in total. The first kappa shape index (κ1) is 23.8. The van der Waals surface area contributed by atoms with Crippen molar-refractivity contribution in [3.05, 3.63) is 41.0 Å². The first-order valence-corrected chi connectivity index (χ1v) is 10.3. The Kier molecular flexibility index (Phi) is 6.64. The SMILES string of the molecule is COC(=O)[C@@H](NC(=O)c1nc(-c2cc(F)c(F)cc2F)n2c1CN(C)CCC2)C(C)(C)C. The minimum Gasteiger partial charge on any atom is -0.467 e. The molecule has 0 radical (unpaired) electrons. The monoisotopic (exact) mass is 452 g/mol. The van der Waals surface area contributed by atoms with E-state index in [-0.39, 0.29) is 17.1 Å². The van der Waals surface area contributed by atoms with Crippen molar-refractivity contribution in [3.63, 3.8) is 0 Å². The lowest BCUT2D eigenvalue weighted by Crippen LogP contribution is -2.50. The van der Waals surface area contributed by atoms with E-state index in [1.807, 2.05) is 11.9 Å². The number of carbonyl (C=O) groups excluding carboxylic acids is 2. The smallest absolute Gasteiger partial charge is 0.328 e. The highest BCUT2D eigenvalue weighted by Gasteiger charge is 2.36. The number of esters is 1. The lowest BCUT2D eigenvalue weighted by molar-refractivity contribution is -0.145. The Morgan fingerprint density at radius 3 is 2.41 bits per heavy atom. The van der Waals surface area contributed by atoms with Gasteiger partial charge in [0.25, 0.3) is 5.91 Å². The van der Waals surface area contributed by atoms with Crippen LogP contribution in [0.25, 0.3) is 11.4 Å². The number of hydrogen-bond donors (Lipinski definition) is 1. The second-order valence-corrected chi connectivity index (χ2v) is 9.02. The van der Waals surface area contributed by atoms with Gasteiger partial charge in [0, 0.05) is 19.2 Å². The summed E-state index contributed by atoms with van der Waals surface area (Å²) in [6.45, 7) is 6.79. The lowest BCUT2D eigenvalue weighted by Gasteiger charge is -2.28. The van der Waals surface area contributed by atoms with Gasteiger partial charge in [0.1, 0.15) is 17.7 Å². The maximum Gasteiger partial charge on any atom is 0.328 e. The minimum atomic E-state index is -1.31. The number of amides is 1. The van der Waals surface area contributed by atoms with E-state index >= 15 is 0 Å². The van der Waals surface area contributed by atoms with Gasteiger partial charge in [-0.25, -0.2) is 22.9 Å². The van der Waals surface area contributed by atoms with Crippen molar-refractivity contribution in [2.24, 2.45) is 5.41 Å². The number of imidazole rings is 1. The molecule has 0 bridgehead atoms. The fourth-order valence-electron chi connectivity index (χ4n) is 3.75. The number of benzene rings is 1. The summed E-state index contributed by atoms with van der Waals surface area (Å²) in [6, 6.07) is 0.245. The van der Waals surface area contributed by atoms with E-state index in [4.69, 9.17) is 4.74 Å². The van der Waals surface area contributed by atoms with Crippen LogP contribution in [-0.4, -0.2) is 53.1 Å². The van der Waals surface area contributed by atoms with E-state index < -0.39 is 40.8 Å². The van der Waals surface area contributed by atoms with Gasteiger partial charge in [-0.2, -0.15) is 0 Å². The van der Waals surface area contributed by atoms with Crippen molar-refractivity contribution in [1.82, 2.24) is 19.8 Å². The molecule has 2 aromatic rings. The van der Waals surface area contributed by atoms with Crippen LogP contribution >= 0.6 is 0 Å². The van der Waals surface area contributed by atoms with Crippen molar-refractivity contribution < 1.29 is 27.5 Å². The molecule has 10 heteroatoms. The van der Waals surface area contributed by atoms with Gasteiger partial charge in [0.15, 0.2) is 17.3 Å². The third kappa shape index (κ3) is 4.64. The number of fused-ring (bicyclic) bond motifs is 1. The molecule has 0 aliphatic carbocycles. The van der Waals surface area contributed by atoms with Crippen LogP contribution in [0.5, 0.6) is 0 Å². The van der Waals surface area contributed by atoms with E-state index in [0.717, 1.165) is 12.6 Å². The molecule has 32 heavy (non-hydrogen) atoms. The predicted octanol–water partition coefficient (Wildman–Crippen LogP) is 3.12. The Morgan fingerprint density at radius 1 is 1.12 bits per heavy atom. The molecule has 3 rings (SSSR count). The zero-order valence-corrected chi connectivity index (χ0v) is 18.8. The summed E-state index contributed by atoms with van der Waals surface area (Å²) in [5, 5.41) is 2.67. The average molecular weight is 452 g/mol. The first-order chi connectivity index (χ1) is 14.9. The fraction of sp³-hybridized carbons (Fsp3) is 0.500. The molecular formula is C22H27F3N4O3. The highest BCUT2D eigenvalue weighted by atomic mass is 19.2. The molecule has 1 N–H and O–H groups in total. The van der Waals surface area contributed by atoms with E-state index in [1.165, 1.54) is 7.11 Å². The molecule has 1 aromatic heterocycles. The van der Waals surface area contributed by atoms with Gasteiger partial charge in [0.2, 0.25) is 0 Å². The number of rotatable bonds is 4. The maximum absolute atomic E-state index is 14.6. The summed E-state index contributed by atoms with van der Waals surface area (Å²) < 4.78 is 48.4. The Morgan fingerprint density at radius 2 is 1.78 bits per heavy atom. The zero-order valence-electron chi connectivity index (χ0n) is 18.8. The van der Waals surface area contributed by atoms with Gasteiger partial charge in [-0.05, 0) is 31.5 Å². The Hall–Kier alpha value is -2.88. The van der Waals surface area contributed by atoms with E-state index in [2.05, 4.69) is 10.3 Å². The Bertz CT molecular complexity index is 1050. The molecular weight excluding hydrogens is 425 g/mol. The number of aromatic nitrogens is 2. The van der Waals surface area contributed by atoms with Crippen LogP contribution in [0.2, 0.25) is 0 Å². The van der Waals surface area contributed by atoms with Gasteiger partial charge in [-0.1, -0.05) is 20.8 Å². The normalized spacial score (nSPS) is 15.6. The van der Waals surface area contributed by atoms with Gasteiger partial charge < -0.3 is 19.5 Å². The zero-order chi connectivity index (χ0) is 23.8. The first-order valence-electron chi connectivity index (χ1n) is 10.3. The summed E-state index contributed by atoms with van der Waals surface area (Å²) in [5.74, 6) is -4.72. The number of hydrogen-bond acceptors (Lipinski definition) is 5. The lowest BCUT2D eigenvalue weighted by atomic mass is 9.86. The molecule has 0 saturated carbocycles. The molecule has 0 spiro atoms. The molecule has 2 heterocycles. The Balaban J connectivity index is 2.12. The van der Waals surface area contributed by atoms with Crippen LogP contribution in [-0.2, 0) is 22.6 Å². The van der Waals surface area contributed by atoms with E-state index in [1.54, 1.807) is 25.3 Å². The van der Waals surface area contributed by atoms with E-state index in [9.17, 15) is 22.8 Å². The number of carbonyl (C=O) groups is 2. The quantitative estimate of drug-likeness (QED) is 0.570. The summed E-state index contributed by atoms with van der Waals surface area (Å²) in [4.78, 5) is 31.8. The molecule has 1 aromatic carbocycles. The summed E-state index contributed by atoms with van der Waals surface area (Å²) >= 11 is 0. The second kappa shape index (κ2) is 8.93. The summed E-state index contributed by atoms with van der Waals surface area (Å²) in [6.07, 6.45) is 0.686. The van der Waals surface area contributed by atoms with Crippen molar-refractivity contribution in [1.29, 1.82) is 0 Å². The number of halogens is 3. The maximum atomic E-state index is 14.6. The highest BCUT2D eigenvalue weighted by Crippen LogP contribution is 2.30. The molecule has 174 valence electrons. The van der Waals surface area contributed by atoms with Gasteiger partial charge >= 0.3 is 5.97 Å². The molecule has 1 aliphatic heterocycles. The highest BCUT2D eigenvalue weighted by molar-refractivity contribution is 5.97. The van der Waals surface area contributed by atoms with Crippen LogP contribution in [0.3, 0.4) is 0 Å². The number of methoxy groups -OCH3 is 1. The van der Waals surface area contributed by atoms with Crippen LogP contribution in [0, 0.1) is 22.9 Å². The van der Waals surface area contributed by atoms with Crippen molar-refractivity contribution in [3.8, 4) is 11.4 Å². The van der Waals surface area contributed by atoms with E-state index in [0.29, 0.717) is 31.3 Å². The number of ether oxygens (including phenoxy) is 1. The average Bonchev–Trinajstić information content (AvgIpc) is 2.93. The molecule has 1 amide bonds. The summed E-state index contributed by atoms with van der Waals surface area (Å²) in [5.41, 5.74) is -0.394. The molecule has 0 unspecified atom stereocenters. The third-order valence-electron chi connectivity index (χ3n) is 5.46. The summed E-state index contributed by atoms with van der Waals surface area (Å²) in [7, 11) is 3.10. The third-order valence-corrected chi connectivity index (χ3v) is 5.46. The molecule has 1 aliphatic rings. The van der Waals surface area contributed by atoms with Crippen LogP contribution < -0.4 is 5.32 Å². The van der Waals surface area contributed by atoms with Crippen LogP contribution in [0.4, 0.5) is 13.2 Å². The number of nitrogens with one attached hydrogen (secondary N) is 1. The van der Waals surface area contributed by atoms with Crippen LogP contribution in [0.15, 0.2) is 12.1 Å². The van der Waals surface area contributed by atoms with Gasteiger partial charge in [0.05, 0.1) is 18.4 Å². The van der Waals surface area contributed by atoms with Crippen molar-refractivity contribution in [2.45, 2.75) is 46.3 Å². The Labute approximate surface area is 184 Å². The van der Waals surface area contributed by atoms with Crippen molar-refractivity contribution >= 4 is 11.9 Å². The van der Waals surface area contributed by atoms with Gasteiger partial charge in [-0.3, -0.25) is 4.79 Å². The minimum absolute atomic E-state index is 0.00367. The van der Waals surface area contributed by atoms with Crippen LogP contribution in [0.1, 0.15) is 43.4 Å². The van der Waals surface area contributed by atoms with Crippen molar-refractivity contribution in [2.75, 3.05) is 20.7 Å². The largest absolute Gasteiger partial charge is 0.467 e.